The summed E-state index contributed by atoms with van der Waals surface area (Å²) in [5.74, 6) is -0.338. The van der Waals surface area contributed by atoms with Crippen molar-refractivity contribution in [3.05, 3.63) is 35.4 Å². The van der Waals surface area contributed by atoms with Gasteiger partial charge in [0.05, 0.1) is 18.2 Å². The van der Waals surface area contributed by atoms with Gasteiger partial charge in [-0.2, -0.15) is 0 Å². The molecule has 1 fully saturated rings. The van der Waals surface area contributed by atoms with Crippen molar-refractivity contribution < 1.29 is 14.3 Å². The van der Waals surface area contributed by atoms with Crippen LogP contribution in [-0.2, 0) is 16.1 Å². The first-order valence-corrected chi connectivity index (χ1v) is 6.76. The molecule has 0 aliphatic carbocycles. The van der Waals surface area contributed by atoms with Gasteiger partial charge < -0.3 is 15.4 Å². The van der Waals surface area contributed by atoms with E-state index < -0.39 is 5.54 Å². The Hall–Kier alpha value is -1.88. The number of amides is 1. The van der Waals surface area contributed by atoms with Crippen molar-refractivity contribution in [2.75, 3.05) is 13.7 Å². The molecule has 5 heteroatoms. The normalized spacial score (nSPS) is 21.5. The molecule has 108 valence electrons. The Bertz CT molecular complexity index is 490. The first kappa shape index (κ1) is 14.5. The van der Waals surface area contributed by atoms with Crippen molar-refractivity contribution in [3.8, 4) is 0 Å². The molecular weight excluding hydrogens is 256 g/mol. The van der Waals surface area contributed by atoms with Gasteiger partial charge in [0.1, 0.15) is 0 Å². The third-order valence-electron chi connectivity index (χ3n) is 3.70. The summed E-state index contributed by atoms with van der Waals surface area (Å²) >= 11 is 0. The van der Waals surface area contributed by atoms with Gasteiger partial charge in [0.2, 0.25) is 5.91 Å². The smallest absolute Gasteiger partial charge is 0.337 e. The molecule has 0 radical (unpaired) electrons. The van der Waals surface area contributed by atoms with E-state index in [0.29, 0.717) is 12.1 Å². The minimum atomic E-state index is -0.452. The van der Waals surface area contributed by atoms with Crippen LogP contribution in [0.4, 0.5) is 0 Å². The monoisotopic (exact) mass is 276 g/mol. The molecule has 1 saturated heterocycles. The maximum atomic E-state index is 12.1. The van der Waals surface area contributed by atoms with Gasteiger partial charge >= 0.3 is 5.97 Å². The Kier molecular flexibility index (Phi) is 4.39. The van der Waals surface area contributed by atoms with Crippen molar-refractivity contribution in [3.63, 3.8) is 0 Å². The van der Waals surface area contributed by atoms with Gasteiger partial charge in [-0.3, -0.25) is 4.79 Å². The summed E-state index contributed by atoms with van der Waals surface area (Å²) in [6.45, 7) is 3.27. The lowest BCUT2D eigenvalue weighted by Gasteiger charge is -2.23. The minimum absolute atomic E-state index is 0.0204. The average Bonchev–Trinajstić information content (AvgIpc) is 2.92. The second-order valence-electron chi connectivity index (χ2n) is 5.23. The maximum Gasteiger partial charge on any atom is 0.337 e. The lowest BCUT2D eigenvalue weighted by Crippen LogP contribution is -2.50. The molecule has 0 saturated carbocycles. The quantitative estimate of drug-likeness (QED) is 0.812. The molecule has 2 N–H and O–H groups in total. The molecule has 1 aliphatic heterocycles. The van der Waals surface area contributed by atoms with Crippen LogP contribution in [0.25, 0.3) is 0 Å². The van der Waals surface area contributed by atoms with Crippen molar-refractivity contribution in [2.45, 2.75) is 31.8 Å². The summed E-state index contributed by atoms with van der Waals surface area (Å²) in [5, 5.41) is 6.15. The predicted molar refractivity (Wildman–Crippen MR) is 75.3 cm³/mol. The van der Waals surface area contributed by atoms with Crippen molar-refractivity contribution in [1.82, 2.24) is 10.6 Å². The van der Waals surface area contributed by atoms with Crippen molar-refractivity contribution in [2.24, 2.45) is 0 Å². The average molecular weight is 276 g/mol. The van der Waals surface area contributed by atoms with E-state index in [1.807, 2.05) is 19.1 Å². The highest BCUT2D eigenvalue weighted by Gasteiger charge is 2.35. The molecule has 1 aliphatic rings. The zero-order chi connectivity index (χ0) is 14.6. The summed E-state index contributed by atoms with van der Waals surface area (Å²) < 4.78 is 4.64. The Balaban J connectivity index is 1.91. The van der Waals surface area contributed by atoms with Crippen LogP contribution in [0.15, 0.2) is 24.3 Å². The van der Waals surface area contributed by atoms with Crippen LogP contribution in [0.1, 0.15) is 35.7 Å². The van der Waals surface area contributed by atoms with Gasteiger partial charge in [-0.25, -0.2) is 4.79 Å². The molecular formula is C15H20N2O3. The number of esters is 1. The van der Waals surface area contributed by atoms with Crippen LogP contribution < -0.4 is 10.6 Å². The second kappa shape index (κ2) is 6.05. The molecule has 1 aromatic carbocycles. The van der Waals surface area contributed by atoms with E-state index in [4.69, 9.17) is 0 Å². The molecule has 0 spiro atoms. The number of carbonyl (C=O) groups is 2. The molecule has 1 atom stereocenters. The highest BCUT2D eigenvalue weighted by molar-refractivity contribution is 5.89. The Morgan fingerprint density at radius 2 is 2.05 bits per heavy atom. The Morgan fingerprint density at radius 1 is 1.35 bits per heavy atom. The van der Waals surface area contributed by atoms with Crippen molar-refractivity contribution in [1.29, 1.82) is 0 Å². The predicted octanol–water partition coefficient (Wildman–Crippen LogP) is 1.23. The molecule has 1 unspecified atom stereocenters. The summed E-state index contributed by atoms with van der Waals surface area (Å²) in [5.41, 5.74) is 1.01. The summed E-state index contributed by atoms with van der Waals surface area (Å²) in [6, 6.07) is 7.03. The Labute approximate surface area is 118 Å². The number of benzene rings is 1. The van der Waals surface area contributed by atoms with E-state index in [9.17, 15) is 9.59 Å². The fourth-order valence-corrected chi connectivity index (χ4v) is 2.34. The topological polar surface area (TPSA) is 67.4 Å². The lowest BCUT2D eigenvalue weighted by atomic mass is 9.99. The molecule has 5 nitrogen and oxygen atoms in total. The standard InChI is InChI=1S/C15H20N2O3/c1-15(8-3-9-17-15)14(19)16-10-11-4-6-12(7-5-11)13(18)20-2/h4-7,17H,3,8-10H2,1-2H3,(H,16,19). The zero-order valence-corrected chi connectivity index (χ0v) is 11.9. The van der Waals surface area contributed by atoms with Crippen LogP contribution in [0, 0.1) is 0 Å². The van der Waals surface area contributed by atoms with Gasteiger partial charge in [-0.15, -0.1) is 0 Å². The number of hydrogen-bond donors (Lipinski definition) is 2. The van der Waals surface area contributed by atoms with E-state index >= 15 is 0 Å². The largest absolute Gasteiger partial charge is 0.465 e. The van der Waals surface area contributed by atoms with E-state index in [-0.39, 0.29) is 11.9 Å². The van der Waals surface area contributed by atoms with E-state index in [1.54, 1.807) is 12.1 Å². The first-order chi connectivity index (χ1) is 9.55. The first-order valence-electron chi connectivity index (χ1n) is 6.76. The summed E-state index contributed by atoms with van der Waals surface area (Å²) in [6.07, 6.45) is 1.89. The highest BCUT2D eigenvalue weighted by atomic mass is 16.5. The van der Waals surface area contributed by atoms with Crippen molar-refractivity contribution >= 4 is 11.9 Å². The highest BCUT2D eigenvalue weighted by Crippen LogP contribution is 2.18. The number of hydrogen-bond acceptors (Lipinski definition) is 4. The molecule has 0 aromatic heterocycles. The second-order valence-corrected chi connectivity index (χ2v) is 5.23. The number of methoxy groups -OCH3 is 1. The Morgan fingerprint density at radius 3 is 2.60 bits per heavy atom. The fraction of sp³-hybridized carbons (Fsp3) is 0.467. The number of rotatable bonds is 4. The number of ether oxygens (including phenoxy) is 1. The van der Waals surface area contributed by atoms with Crippen LogP contribution >= 0.6 is 0 Å². The zero-order valence-electron chi connectivity index (χ0n) is 11.9. The van der Waals surface area contributed by atoms with Gasteiger partial charge in [0.25, 0.3) is 0 Å². The number of nitrogens with one attached hydrogen (secondary N) is 2. The van der Waals surface area contributed by atoms with E-state index in [2.05, 4.69) is 15.4 Å². The minimum Gasteiger partial charge on any atom is -0.465 e. The van der Waals surface area contributed by atoms with Gasteiger partial charge in [-0.1, -0.05) is 12.1 Å². The SMILES string of the molecule is COC(=O)c1ccc(CNC(=O)C2(C)CCCN2)cc1. The lowest BCUT2D eigenvalue weighted by molar-refractivity contribution is -0.126. The summed E-state index contributed by atoms with van der Waals surface area (Å²) in [4.78, 5) is 23.4. The van der Waals surface area contributed by atoms with Crippen LogP contribution in [0.5, 0.6) is 0 Å². The molecule has 1 amide bonds. The molecule has 2 rings (SSSR count). The molecule has 20 heavy (non-hydrogen) atoms. The van der Waals surface area contributed by atoms with Gasteiger partial charge in [0.15, 0.2) is 0 Å². The van der Waals surface area contributed by atoms with E-state index in [1.165, 1.54) is 7.11 Å². The molecule has 1 aromatic rings. The third-order valence-corrected chi connectivity index (χ3v) is 3.70. The maximum absolute atomic E-state index is 12.1. The molecule has 0 bridgehead atoms. The van der Waals surface area contributed by atoms with Crippen LogP contribution in [0.2, 0.25) is 0 Å². The fourth-order valence-electron chi connectivity index (χ4n) is 2.34. The third kappa shape index (κ3) is 3.17. The molecule has 1 heterocycles. The summed E-state index contributed by atoms with van der Waals surface area (Å²) in [7, 11) is 1.35. The van der Waals surface area contributed by atoms with Crippen LogP contribution in [0.3, 0.4) is 0 Å². The van der Waals surface area contributed by atoms with Crippen LogP contribution in [-0.4, -0.2) is 31.1 Å². The van der Waals surface area contributed by atoms with E-state index in [0.717, 1.165) is 24.9 Å². The number of carbonyl (C=O) groups excluding carboxylic acids is 2. The van der Waals surface area contributed by atoms with Gasteiger partial charge in [-0.05, 0) is 44.0 Å². The van der Waals surface area contributed by atoms with Gasteiger partial charge in [0, 0.05) is 6.54 Å².